The van der Waals surface area contributed by atoms with Crippen molar-refractivity contribution in [2.45, 2.75) is 18.1 Å². The topological polar surface area (TPSA) is 37.3 Å². The summed E-state index contributed by atoms with van der Waals surface area (Å²) < 4.78 is 0. The number of fused-ring (bicyclic) bond motifs is 1. The second-order valence-corrected chi connectivity index (χ2v) is 4.59. The van der Waals surface area contributed by atoms with E-state index in [1.807, 2.05) is 11.8 Å². The second-order valence-electron chi connectivity index (χ2n) is 3.50. The van der Waals surface area contributed by atoms with Gasteiger partial charge in [-0.2, -0.15) is 0 Å². The summed E-state index contributed by atoms with van der Waals surface area (Å²) in [5.74, 6) is -0.244. The highest BCUT2D eigenvalue weighted by Crippen LogP contribution is 2.35. The Morgan fingerprint density at radius 2 is 2.36 bits per heavy atom. The van der Waals surface area contributed by atoms with E-state index in [0.717, 1.165) is 5.57 Å². The molecule has 0 fully saturated rings. The van der Waals surface area contributed by atoms with E-state index in [-0.39, 0.29) is 6.42 Å². The Morgan fingerprint density at radius 1 is 1.50 bits per heavy atom. The van der Waals surface area contributed by atoms with Crippen molar-refractivity contribution < 1.29 is 9.90 Å². The first-order valence-electron chi connectivity index (χ1n) is 4.68. The maximum Gasteiger partial charge on any atom is 0.303 e. The number of carboxylic acids is 1. The van der Waals surface area contributed by atoms with Crippen LogP contribution in [0.25, 0.3) is 0 Å². The summed E-state index contributed by atoms with van der Waals surface area (Å²) in [5, 5.41) is 11.2. The van der Waals surface area contributed by atoms with Crippen LogP contribution in [0.3, 0.4) is 0 Å². The Morgan fingerprint density at radius 3 is 3.14 bits per heavy atom. The first-order chi connectivity index (χ1) is 6.75. The SMILES string of the molecule is O=C(O)CCC1=CC2C=CSC2C=C1. The second kappa shape index (κ2) is 4.05. The van der Waals surface area contributed by atoms with Gasteiger partial charge in [-0.25, -0.2) is 0 Å². The molecule has 3 heteroatoms. The van der Waals surface area contributed by atoms with E-state index in [9.17, 15) is 4.79 Å². The average Bonchev–Trinajstić information content (AvgIpc) is 2.61. The molecule has 2 atom stereocenters. The molecule has 1 aliphatic carbocycles. The first-order valence-corrected chi connectivity index (χ1v) is 5.63. The zero-order valence-electron chi connectivity index (χ0n) is 7.72. The zero-order valence-corrected chi connectivity index (χ0v) is 8.54. The van der Waals surface area contributed by atoms with Crippen LogP contribution in [-0.4, -0.2) is 16.3 Å². The smallest absolute Gasteiger partial charge is 0.303 e. The Hall–Kier alpha value is -0.960. The van der Waals surface area contributed by atoms with Crippen LogP contribution in [0.15, 0.2) is 35.3 Å². The number of thioether (sulfide) groups is 1. The van der Waals surface area contributed by atoms with Gasteiger partial charge in [-0.3, -0.25) is 4.79 Å². The molecular weight excluding hydrogens is 196 g/mol. The summed E-state index contributed by atoms with van der Waals surface area (Å²) >= 11 is 1.82. The molecule has 1 heterocycles. The molecule has 0 aromatic heterocycles. The van der Waals surface area contributed by atoms with Gasteiger partial charge in [0.05, 0.1) is 0 Å². The number of carboxylic acid groups (broad SMARTS) is 1. The van der Waals surface area contributed by atoms with Crippen molar-refractivity contribution in [2.24, 2.45) is 5.92 Å². The van der Waals surface area contributed by atoms with E-state index >= 15 is 0 Å². The summed E-state index contributed by atoms with van der Waals surface area (Å²) in [6, 6.07) is 0. The highest BCUT2D eigenvalue weighted by molar-refractivity contribution is 8.03. The van der Waals surface area contributed by atoms with Crippen LogP contribution in [0, 0.1) is 5.92 Å². The Balaban J connectivity index is 1.97. The fourth-order valence-corrected chi connectivity index (χ4v) is 2.66. The number of hydrogen-bond donors (Lipinski definition) is 1. The lowest BCUT2D eigenvalue weighted by Crippen LogP contribution is -2.10. The quantitative estimate of drug-likeness (QED) is 0.774. The van der Waals surface area contributed by atoms with E-state index in [2.05, 4.69) is 29.7 Å². The van der Waals surface area contributed by atoms with Crippen molar-refractivity contribution in [1.29, 1.82) is 0 Å². The van der Waals surface area contributed by atoms with Gasteiger partial charge in [0.1, 0.15) is 0 Å². The molecule has 0 aromatic carbocycles. The third-order valence-corrected chi connectivity index (χ3v) is 3.55. The van der Waals surface area contributed by atoms with Crippen LogP contribution < -0.4 is 0 Å². The highest BCUT2D eigenvalue weighted by atomic mass is 32.2. The molecule has 14 heavy (non-hydrogen) atoms. The van der Waals surface area contributed by atoms with Crippen LogP contribution in [0.4, 0.5) is 0 Å². The maximum atomic E-state index is 10.4. The summed E-state index contributed by atoms with van der Waals surface area (Å²) in [5.41, 5.74) is 1.15. The maximum absolute atomic E-state index is 10.4. The number of aliphatic carboxylic acids is 1. The third-order valence-electron chi connectivity index (χ3n) is 2.45. The summed E-state index contributed by atoms with van der Waals surface area (Å²) in [4.78, 5) is 10.4. The van der Waals surface area contributed by atoms with E-state index in [0.29, 0.717) is 17.6 Å². The van der Waals surface area contributed by atoms with Crippen molar-refractivity contribution in [3.63, 3.8) is 0 Å². The van der Waals surface area contributed by atoms with Crippen LogP contribution in [0.1, 0.15) is 12.8 Å². The standard InChI is InChI=1S/C11H12O2S/c12-11(13)4-2-8-1-3-10-9(7-8)5-6-14-10/h1,3,5-7,9-10H,2,4H2,(H,12,13). The van der Waals surface area contributed by atoms with Gasteiger partial charge in [0.15, 0.2) is 0 Å². The monoisotopic (exact) mass is 208 g/mol. The van der Waals surface area contributed by atoms with E-state index in [1.54, 1.807) is 0 Å². The van der Waals surface area contributed by atoms with Gasteiger partial charge in [-0.15, -0.1) is 11.8 Å². The third kappa shape index (κ3) is 2.10. The minimum absolute atomic E-state index is 0.227. The Bertz CT molecular complexity index is 328. The highest BCUT2D eigenvalue weighted by Gasteiger charge is 2.22. The number of rotatable bonds is 3. The molecule has 74 valence electrons. The van der Waals surface area contributed by atoms with Crippen LogP contribution in [0.2, 0.25) is 0 Å². The van der Waals surface area contributed by atoms with Gasteiger partial charge in [0, 0.05) is 17.6 Å². The van der Waals surface area contributed by atoms with E-state index in [4.69, 9.17) is 5.11 Å². The number of allylic oxidation sites excluding steroid dienone is 4. The van der Waals surface area contributed by atoms with Crippen LogP contribution >= 0.6 is 11.8 Å². The fourth-order valence-electron chi connectivity index (χ4n) is 1.69. The largest absolute Gasteiger partial charge is 0.481 e. The van der Waals surface area contributed by atoms with Gasteiger partial charge < -0.3 is 5.11 Å². The van der Waals surface area contributed by atoms with Gasteiger partial charge in [0.25, 0.3) is 0 Å². The lowest BCUT2D eigenvalue weighted by Gasteiger charge is -2.17. The van der Waals surface area contributed by atoms with Crippen LogP contribution in [0.5, 0.6) is 0 Å². The first kappa shape index (κ1) is 9.59. The molecule has 0 amide bonds. The summed E-state index contributed by atoms with van der Waals surface area (Å²) in [7, 11) is 0. The summed E-state index contributed by atoms with van der Waals surface area (Å²) in [6.07, 6.45) is 9.47. The van der Waals surface area contributed by atoms with E-state index < -0.39 is 5.97 Å². The minimum atomic E-state index is -0.724. The van der Waals surface area contributed by atoms with Crippen molar-refractivity contribution in [3.8, 4) is 0 Å². The van der Waals surface area contributed by atoms with Gasteiger partial charge >= 0.3 is 5.97 Å². The molecule has 0 bridgehead atoms. The molecule has 1 N–H and O–H groups in total. The van der Waals surface area contributed by atoms with Gasteiger partial charge in [-0.1, -0.05) is 29.9 Å². The molecule has 0 radical (unpaired) electrons. The fraction of sp³-hybridized carbons (Fsp3) is 0.364. The molecule has 1 aliphatic heterocycles. The molecule has 2 rings (SSSR count). The predicted molar refractivity (Wildman–Crippen MR) is 58.1 cm³/mol. The van der Waals surface area contributed by atoms with Crippen molar-refractivity contribution in [2.75, 3.05) is 0 Å². The van der Waals surface area contributed by atoms with Gasteiger partial charge in [-0.05, 0) is 11.8 Å². The van der Waals surface area contributed by atoms with Crippen LogP contribution in [-0.2, 0) is 4.79 Å². The Kier molecular flexibility index (Phi) is 2.77. The molecule has 0 saturated heterocycles. The van der Waals surface area contributed by atoms with Gasteiger partial charge in [0.2, 0.25) is 0 Å². The molecule has 2 nitrogen and oxygen atoms in total. The molecule has 0 spiro atoms. The summed E-state index contributed by atoms with van der Waals surface area (Å²) in [6.45, 7) is 0. The normalized spacial score (nSPS) is 28.7. The molecule has 2 unspecified atom stereocenters. The lowest BCUT2D eigenvalue weighted by atomic mass is 9.94. The minimum Gasteiger partial charge on any atom is -0.481 e. The Labute approximate surface area is 87.4 Å². The number of carbonyl (C=O) groups is 1. The average molecular weight is 208 g/mol. The van der Waals surface area contributed by atoms with E-state index in [1.165, 1.54) is 0 Å². The number of hydrogen-bond acceptors (Lipinski definition) is 2. The molecule has 0 saturated carbocycles. The zero-order chi connectivity index (χ0) is 9.97. The lowest BCUT2D eigenvalue weighted by molar-refractivity contribution is -0.136. The molecule has 0 aromatic rings. The van der Waals surface area contributed by atoms with Crippen molar-refractivity contribution in [1.82, 2.24) is 0 Å². The van der Waals surface area contributed by atoms with Crippen molar-refractivity contribution >= 4 is 17.7 Å². The molecule has 2 aliphatic rings. The predicted octanol–water partition coefficient (Wildman–Crippen LogP) is 2.59. The van der Waals surface area contributed by atoms with Crippen molar-refractivity contribution in [3.05, 3.63) is 35.3 Å². The molecular formula is C11H12O2S.